The normalized spacial score (nSPS) is 10.7. The fourth-order valence-corrected chi connectivity index (χ4v) is 3.09. The van der Waals surface area contributed by atoms with Crippen LogP contribution in [0.1, 0.15) is 10.4 Å². The van der Waals surface area contributed by atoms with Crippen LogP contribution in [0.25, 0.3) is 22.2 Å². The van der Waals surface area contributed by atoms with Crippen LogP contribution in [0.5, 0.6) is 0 Å². The van der Waals surface area contributed by atoms with E-state index in [4.69, 9.17) is 16.3 Å². The van der Waals surface area contributed by atoms with Gasteiger partial charge in [-0.05, 0) is 24.3 Å². The van der Waals surface area contributed by atoms with E-state index in [1.54, 1.807) is 32.4 Å². The smallest absolute Gasteiger partial charge is 0.254 e. The molecule has 0 saturated heterocycles. The second-order valence-corrected chi connectivity index (χ2v) is 7.02. The molecule has 7 heteroatoms. The molecule has 150 valence electrons. The molecule has 0 spiro atoms. The van der Waals surface area contributed by atoms with Gasteiger partial charge in [-0.1, -0.05) is 41.9 Å². The molecular formula is C22H22ClN3O3. The van der Waals surface area contributed by atoms with Gasteiger partial charge >= 0.3 is 0 Å². The van der Waals surface area contributed by atoms with Gasteiger partial charge in [0, 0.05) is 36.7 Å². The summed E-state index contributed by atoms with van der Waals surface area (Å²) in [6.07, 6.45) is 0. The minimum atomic E-state index is -0.249. The Hall–Kier alpha value is -2.96. The van der Waals surface area contributed by atoms with Crippen LogP contribution >= 0.6 is 11.6 Å². The summed E-state index contributed by atoms with van der Waals surface area (Å²) in [6.45, 7) is 0.772. The Morgan fingerprint density at radius 2 is 1.86 bits per heavy atom. The maximum absolute atomic E-state index is 13.1. The average Bonchev–Trinajstić information content (AvgIpc) is 2.73. The monoisotopic (exact) mass is 411 g/mol. The van der Waals surface area contributed by atoms with E-state index < -0.39 is 0 Å². The van der Waals surface area contributed by atoms with E-state index in [0.29, 0.717) is 34.9 Å². The lowest BCUT2D eigenvalue weighted by atomic mass is 10.0. The summed E-state index contributed by atoms with van der Waals surface area (Å²) in [4.78, 5) is 31.3. The van der Waals surface area contributed by atoms with Gasteiger partial charge < -0.3 is 15.0 Å². The number of nitrogens with zero attached hydrogens (tertiary/aromatic N) is 2. The van der Waals surface area contributed by atoms with Crippen molar-refractivity contribution in [3.63, 3.8) is 0 Å². The third kappa shape index (κ3) is 5.10. The minimum Gasteiger partial charge on any atom is -0.383 e. The highest BCUT2D eigenvalue weighted by atomic mass is 35.5. The number of carbonyl (C=O) groups is 2. The number of rotatable bonds is 7. The number of methoxy groups -OCH3 is 1. The topological polar surface area (TPSA) is 71.5 Å². The Morgan fingerprint density at radius 1 is 1.14 bits per heavy atom. The molecule has 2 aromatic carbocycles. The number of halogens is 1. The second-order valence-electron chi connectivity index (χ2n) is 6.58. The van der Waals surface area contributed by atoms with E-state index in [0.717, 1.165) is 10.9 Å². The molecule has 3 aromatic rings. The summed E-state index contributed by atoms with van der Waals surface area (Å²) >= 11 is 5.98. The molecule has 0 atom stereocenters. The number of fused-ring (bicyclic) bond motifs is 1. The van der Waals surface area contributed by atoms with Crippen LogP contribution in [0.4, 0.5) is 0 Å². The first-order chi connectivity index (χ1) is 14.0. The van der Waals surface area contributed by atoms with E-state index in [9.17, 15) is 9.59 Å². The van der Waals surface area contributed by atoms with Crippen LogP contribution < -0.4 is 5.32 Å². The molecule has 6 nitrogen and oxygen atoms in total. The number of pyridine rings is 1. The summed E-state index contributed by atoms with van der Waals surface area (Å²) in [5.41, 5.74) is 2.73. The maximum Gasteiger partial charge on any atom is 0.254 e. The van der Waals surface area contributed by atoms with E-state index >= 15 is 0 Å². The van der Waals surface area contributed by atoms with Crippen molar-refractivity contribution in [2.24, 2.45) is 0 Å². The largest absolute Gasteiger partial charge is 0.383 e. The Bertz CT molecular complexity index is 1020. The fourth-order valence-electron chi connectivity index (χ4n) is 2.96. The number of benzene rings is 2. The molecule has 0 aliphatic heterocycles. The van der Waals surface area contributed by atoms with Crippen molar-refractivity contribution in [3.05, 3.63) is 65.2 Å². The van der Waals surface area contributed by atoms with E-state index in [-0.39, 0.29) is 18.4 Å². The Morgan fingerprint density at radius 3 is 2.59 bits per heavy atom. The third-order valence-electron chi connectivity index (χ3n) is 4.44. The van der Waals surface area contributed by atoms with Crippen molar-refractivity contribution in [1.82, 2.24) is 15.2 Å². The van der Waals surface area contributed by atoms with E-state index in [1.807, 2.05) is 36.4 Å². The van der Waals surface area contributed by atoms with E-state index in [2.05, 4.69) is 10.3 Å². The number of para-hydroxylation sites is 1. The van der Waals surface area contributed by atoms with Crippen LogP contribution in [0.2, 0.25) is 5.02 Å². The molecule has 0 aliphatic rings. The molecule has 29 heavy (non-hydrogen) atoms. The molecule has 0 radical (unpaired) electrons. The van der Waals surface area contributed by atoms with Crippen LogP contribution in [-0.2, 0) is 9.53 Å². The third-order valence-corrected chi connectivity index (χ3v) is 4.69. The zero-order chi connectivity index (χ0) is 20.8. The highest BCUT2D eigenvalue weighted by Crippen LogP contribution is 2.26. The van der Waals surface area contributed by atoms with Gasteiger partial charge in [-0.15, -0.1) is 0 Å². The van der Waals surface area contributed by atoms with Gasteiger partial charge in [0.2, 0.25) is 5.91 Å². The summed E-state index contributed by atoms with van der Waals surface area (Å²) in [6, 6.07) is 16.5. The number of amides is 2. The lowest BCUT2D eigenvalue weighted by Crippen LogP contribution is -2.39. The Balaban J connectivity index is 1.91. The molecular weight excluding hydrogens is 390 g/mol. The predicted octanol–water partition coefficient (Wildman–Crippen LogP) is 3.39. The number of hydrogen-bond donors (Lipinski definition) is 1. The molecule has 1 heterocycles. The molecule has 0 aliphatic carbocycles. The minimum absolute atomic E-state index is 0.0462. The molecule has 0 fully saturated rings. The zero-order valence-electron chi connectivity index (χ0n) is 16.3. The summed E-state index contributed by atoms with van der Waals surface area (Å²) in [5, 5.41) is 4.09. The van der Waals surface area contributed by atoms with Crippen molar-refractivity contribution in [2.45, 2.75) is 0 Å². The van der Waals surface area contributed by atoms with Gasteiger partial charge in [0.25, 0.3) is 5.91 Å². The first-order valence-electron chi connectivity index (χ1n) is 9.16. The number of aromatic nitrogens is 1. The molecule has 0 saturated carbocycles. The SMILES string of the molecule is COCCNC(=O)CN(C)C(=O)c1cc(-c2ccc(Cl)cc2)nc2ccccc12. The Kier molecular flexibility index (Phi) is 6.80. The van der Waals surface area contributed by atoms with Gasteiger partial charge in [-0.3, -0.25) is 9.59 Å². The molecule has 1 aromatic heterocycles. The highest BCUT2D eigenvalue weighted by Gasteiger charge is 2.19. The number of hydrogen-bond acceptors (Lipinski definition) is 4. The molecule has 3 rings (SSSR count). The van der Waals surface area contributed by atoms with Gasteiger partial charge in [0.05, 0.1) is 29.9 Å². The molecule has 2 amide bonds. The van der Waals surface area contributed by atoms with Crippen LogP contribution in [-0.4, -0.2) is 55.6 Å². The average molecular weight is 412 g/mol. The molecule has 0 bridgehead atoms. The predicted molar refractivity (Wildman–Crippen MR) is 114 cm³/mol. The van der Waals surface area contributed by atoms with Crippen molar-refractivity contribution >= 4 is 34.3 Å². The van der Waals surface area contributed by atoms with E-state index in [1.165, 1.54) is 4.90 Å². The van der Waals surface area contributed by atoms with Gasteiger partial charge in [0.1, 0.15) is 0 Å². The molecule has 1 N–H and O–H groups in total. The lowest BCUT2D eigenvalue weighted by Gasteiger charge is -2.18. The van der Waals surface area contributed by atoms with Crippen LogP contribution in [0.3, 0.4) is 0 Å². The maximum atomic E-state index is 13.1. The van der Waals surface area contributed by atoms with Gasteiger partial charge in [-0.25, -0.2) is 4.98 Å². The summed E-state index contributed by atoms with van der Waals surface area (Å²) < 4.78 is 4.91. The second kappa shape index (κ2) is 9.49. The van der Waals surface area contributed by atoms with Crippen molar-refractivity contribution in [3.8, 4) is 11.3 Å². The Labute approximate surface area is 174 Å². The highest BCUT2D eigenvalue weighted by molar-refractivity contribution is 6.30. The quantitative estimate of drug-likeness (QED) is 0.605. The lowest BCUT2D eigenvalue weighted by molar-refractivity contribution is -0.121. The van der Waals surface area contributed by atoms with Crippen LogP contribution in [0, 0.1) is 0 Å². The first kappa shape index (κ1) is 20.8. The zero-order valence-corrected chi connectivity index (χ0v) is 17.1. The number of nitrogens with one attached hydrogen (secondary N) is 1. The summed E-state index contributed by atoms with van der Waals surface area (Å²) in [5.74, 6) is -0.491. The van der Waals surface area contributed by atoms with Gasteiger partial charge in [0.15, 0.2) is 0 Å². The standard InChI is InChI=1S/C22H22ClN3O3/c1-26(14-21(27)24-11-12-29-2)22(28)18-13-20(15-7-9-16(23)10-8-15)25-19-6-4-3-5-17(18)19/h3-10,13H,11-12,14H2,1-2H3,(H,24,27). The van der Waals surface area contributed by atoms with Crippen molar-refractivity contribution in [2.75, 3.05) is 33.9 Å². The van der Waals surface area contributed by atoms with Gasteiger partial charge in [-0.2, -0.15) is 0 Å². The summed E-state index contributed by atoms with van der Waals surface area (Å²) in [7, 11) is 3.17. The number of likely N-dealkylation sites (N-methyl/N-ethyl adjacent to an activating group) is 1. The first-order valence-corrected chi connectivity index (χ1v) is 9.54. The fraction of sp³-hybridized carbons (Fsp3) is 0.227. The number of carbonyl (C=O) groups excluding carboxylic acids is 2. The van der Waals surface area contributed by atoms with Crippen LogP contribution in [0.15, 0.2) is 54.6 Å². The number of ether oxygens (including phenoxy) is 1. The van der Waals surface area contributed by atoms with Crippen molar-refractivity contribution < 1.29 is 14.3 Å². The molecule has 0 unspecified atom stereocenters. The van der Waals surface area contributed by atoms with Crippen molar-refractivity contribution in [1.29, 1.82) is 0 Å².